The van der Waals surface area contributed by atoms with E-state index in [2.05, 4.69) is 10.6 Å². The standard InChI is InChI=1S/C12H12N2O5S/c1-19-9-4-6(2-3-7(9)11(16)17)13-10(15)8-5-20-12(18)14-8/h2-4,8H,5H2,1H3,(H,13,15)(H,14,18)(H,16,17). The predicted octanol–water partition coefficient (Wildman–Crippen LogP) is 1.16. The van der Waals surface area contributed by atoms with E-state index in [4.69, 9.17) is 9.84 Å². The van der Waals surface area contributed by atoms with Gasteiger partial charge in [-0.2, -0.15) is 0 Å². The molecule has 0 bridgehead atoms. The van der Waals surface area contributed by atoms with Crippen LogP contribution < -0.4 is 15.4 Å². The van der Waals surface area contributed by atoms with Gasteiger partial charge < -0.3 is 20.5 Å². The lowest BCUT2D eigenvalue weighted by atomic mass is 10.1. The molecule has 2 rings (SSSR count). The molecular formula is C12H12N2O5S. The second kappa shape index (κ2) is 5.83. The number of nitrogens with one attached hydrogen (secondary N) is 2. The van der Waals surface area contributed by atoms with Crippen molar-refractivity contribution < 1.29 is 24.2 Å². The first-order chi connectivity index (χ1) is 9.51. The van der Waals surface area contributed by atoms with Gasteiger partial charge in [-0.05, 0) is 12.1 Å². The first-order valence-corrected chi connectivity index (χ1v) is 6.65. The van der Waals surface area contributed by atoms with Crippen LogP contribution in [-0.4, -0.2) is 41.1 Å². The van der Waals surface area contributed by atoms with Crippen LogP contribution in [0.1, 0.15) is 10.4 Å². The van der Waals surface area contributed by atoms with Crippen LogP contribution in [-0.2, 0) is 4.79 Å². The van der Waals surface area contributed by atoms with E-state index in [1.165, 1.54) is 25.3 Å². The summed E-state index contributed by atoms with van der Waals surface area (Å²) in [6, 6.07) is 3.65. The van der Waals surface area contributed by atoms with Crippen molar-refractivity contribution in [2.45, 2.75) is 6.04 Å². The highest BCUT2D eigenvalue weighted by atomic mass is 32.2. The summed E-state index contributed by atoms with van der Waals surface area (Å²) in [6.07, 6.45) is 0. The van der Waals surface area contributed by atoms with Crippen molar-refractivity contribution in [1.29, 1.82) is 0 Å². The van der Waals surface area contributed by atoms with Gasteiger partial charge in [0.1, 0.15) is 17.4 Å². The number of carboxylic acid groups (broad SMARTS) is 1. The van der Waals surface area contributed by atoms with E-state index in [0.29, 0.717) is 11.4 Å². The topological polar surface area (TPSA) is 105 Å². The second-order valence-corrected chi connectivity index (χ2v) is 5.00. The maximum atomic E-state index is 11.9. The molecule has 1 aromatic carbocycles. The van der Waals surface area contributed by atoms with Gasteiger partial charge in [0, 0.05) is 17.5 Å². The Morgan fingerprint density at radius 1 is 1.50 bits per heavy atom. The molecule has 106 valence electrons. The molecule has 8 heteroatoms. The van der Waals surface area contributed by atoms with Gasteiger partial charge in [-0.25, -0.2) is 4.79 Å². The van der Waals surface area contributed by atoms with E-state index < -0.39 is 12.0 Å². The molecule has 1 aliphatic rings. The van der Waals surface area contributed by atoms with Crippen molar-refractivity contribution in [1.82, 2.24) is 5.32 Å². The molecule has 0 spiro atoms. The lowest BCUT2D eigenvalue weighted by Gasteiger charge is -2.12. The Morgan fingerprint density at radius 3 is 2.80 bits per heavy atom. The zero-order valence-electron chi connectivity index (χ0n) is 10.5. The molecule has 1 fully saturated rings. The van der Waals surface area contributed by atoms with Crippen LogP contribution in [0.15, 0.2) is 18.2 Å². The minimum absolute atomic E-state index is 0.00947. The van der Waals surface area contributed by atoms with Crippen molar-refractivity contribution in [2.24, 2.45) is 0 Å². The van der Waals surface area contributed by atoms with Gasteiger partial charge in [-0.15, -0.1) is 0 Å². The molecule has 0 aromatic heterocycles. The average molecular weight is 296 g/mol. The number of carboxylic acids is 1. The fraction of sp³-hybridized carbons (Fsp3) is 0.250. The van der Waals surface area contributed by atoms with Gasteiger partial charge in [0.2, 0.25) is 5.91 Å². The Bertz CT molecular complexity index is 575. The van der Waals surface area contributed by atoms with Crippen LogP contribution >= 0.6 is 11.8 Å². The van der Waals surface area contributed by atoms with Crippen LogP contribution in [0.25, 0.3) is 0 Å². The normalized spacial score (nSPS) is 17.4. The summed E-state index contributed by atoms with van der Waals surface area (Å²) in [5.41, 5.74) is 0.415. The number of amides is 2. The van der Waals surface area contributed by atoms with Gasteiger partial charge >= 0.3 is 5.97 Å². The number of rotatable bonds is 4. The van der Waals surface area contributed by atoms with Crippen LogP contribution in [0.5, 0.6) is 5.75 Å². The smallest absolute Gasteiger partial charge is 0.339 e. The monoisotopic (exact) mass is 296 g/mol. The van der Waals surface area contributed by atoms with E-state index in [-0.39, 0.29) is 22.5 Å². The van der Waals surface area contributed by atoms with E-state index >= 15 is 0 Å². The Morgan fingerprint density at radius 2 is 2.25 bits per heavy atom. The second-order valence-electron chi connectivity index (χ2n) is 4.00. The van der Waals surface area contributed by atoms with Crippen molar-refractivity contribution in [3.8, 4) is 5.75 Å². The molecule has 20 heavy (non-hydrogen) atoms. The third-order valence-corrected chi connectivity index (χ3v) is 3.57. The third-order valence-electron chi connectivity index (χ3n) is 2.69. The molecule has 1 atom stereocenters. The summed E-state index contributed by atoms with van der Waals surface area (Å²) in [5, 5.41) is 13.8. The number of thioether (sulfide) groups is 1. The first kappa shape index (κ1) is 14.2. The number of aromatic carboxylic acids is 1. The minimum atomic E-state index is -1.11. The molecule has 2 amide bonds. The molecule has 1 aromatic rings. The molecule has 1 aliphatic heterocycles. The molecular weight excluding hydrogens is 284 g/mol. The highest BCUT2D eigenvalue weighted by Gasteiger charge is 2.28. The van der Waals surface area contributed by atoms with Crippen LogP contribution in [0.4, 0.5) is 10.5 Å². The number of benzene rings is 1. The largest absolute Gasteiger partial charge is 0.496 e. The fourth-order valence-corrected chi connectivity index (χ4v) is 2.48. The maximum absolute atomic E-state index is 11.9. The number of carbonyl (C=O) groups excluding carboxylic acids is 2. The zero-order chi connectivity index (χ0) is 14.7. The predicted molar refractivity (Wildman–Crippen MR) is 73.4 cm³/mol. The molecule has 7 nitrogen and oxygen atoms in total. The van der Waals surface area contributed by atoms with Crippen molar-refractivity contribution in [2.75, 3.05) is 18.2 Å². The van der Waals surface area contributed by atoms with Crippen LogP contribution in [0.3, 0.4) is 0 Å². The van der Waals surface area contributed by atoms with Gasteiger partial charge in [-0.3, -0.25) is 9.59 Å². The number of hydrogen-bond acceptors (Lipinski definition) is 5. The molecule has 1 unspecified atom stereocenters. The fourth-order valence-electron chi connectivity index (χ4n) is 1.70. The molecule has 0 radical (unpaired) electrons. The van der Waals surface area contributed by atoms with Crippen LogP contribution in [0.2, 0.25) is 0 Å². The Balaban J connectivity index is 2.11. The molecule has 0 saturated carbocycles. The Labute approximate surface area is 118 Å². The van der Waals surface area contributed by atoms with Gasteiger partial charge in [0.25, 0.3) is 5.24 Å². The summed E-state index contributed by atoms with van der Waals surface area (Å²) >= 11 is 1.04. The molecule has 3 N–H and O–H groups in total. The Hall–Kier alpha value is -2.22. The quantitative estimate of drug-likeness (QED) is 0.770. The number of carbonyl (C=O) groups is 3. The molecule has 1 saturated heterocycles. The highest BCUT2D eigenvalue weighted by Crippen LogP contribution is 2.24. The lowest BCUT2D eigenvalue weighted by Crippen LogP contribution is -2.38. The van der Waals surface area contributed by atoms with Gasteiger partial charge in [0.05, 0.1) is 7.11 Å². The van der Waals surface area contributed by atoms with Crippen molar-refractivity contribution in [3.63, 3.8) is 0 Å². The Kier molecular flexibility index (Phi) is 4.14. The van der Waals surface area contributed by atoms with Crippen molar-refractivity contribution >= 4 is 34.6 Å². The number of methoxy groups -OCH3 is 1. The third kappa shape index (κ3) is 3.02. The summed E-state index contributed by atoms with van der Waals surface area (Å²) in [6.45, 7) is 0. The summed E-state index contributed by atoms with van der Waals surface area (Å²) in [4.78, 5) is 33.8. The molecule has 0 aliphatic carbocycles. The van der Waals surface area contributed by atoms with Gasteiger partial charge in [-0.1, -0.05) is 11.8 Å². The lowest BCUT2D eigenvalue weighted by molar-refractivity contribution is -0.117. The SMILES string of the molecule is COc1cc(NC(=O)C2CSC(=O)N2)ccc1C(=O)O. The first-order valence-electron chi connectivity index (χ1n) is 5.66. The maximum Gasteiger partial charge on any atom is 0.339 e. The zero-order valence-corrected chi connectivity index (χ0v) is 11.3. The van der Waals surface area contributed by atoms with E-state index in [0.717, 1.165) is 11.8 Å². The number of anilines is 1. The number of hydrogen-bond donors (Lipinski definition) is 3. The van der Waals surface area contributed by atoms with E-state index in [1.54, 1.807) is 0 Å². The van der Waals surface area contributed by atoms with Crippen molar-refractivity contribution in [3.05, 3.63) is 23.8 Å². The van der Waals surface area contributed by atoms with Crippen LogP contribution in [0, 0.1) is 0 Å². The van der Waals surface area contributed by atoms with Gasteiger partial charge in [0.15, 0.2) is 0 Å². The molecule has 1 heterocycles. The average Bonchev–Trinajstić information content (AvgIpc) is 2.85. The summed E-state index contributed by atoms with van der Waals surface area (Å²) in [7, 11) is 1.35. The summed E-state index contributed by atoms with van der Waals surface area (Å²) < 4.78 is 4.97. The summed E-state index contributed by atoms with van der Waals surface area (Å²) in [5.74, 6) is -0.942. The van der Waals surface area contributed by atoms with E-state index in [1.807, 2.05) is 0 Å². The minimum Gasteiger partial charge on any atom is -0.496 e. The van der Waals surface area contributed by atoms with E-state index in [9.17, 15) is 14.4 Å². The number of ether oxygens (including phenoxy) is 1. The highest BCUT2D eigenvalue weighted by molar-refractivity contribution is 8.14.